The third-order valence-corrected chi connectivity index (χ3v) is 3.73. The minimum atomic E-state index is 0.674. The largest absolute Gasteiger partial charge is 0.493 e. The van der Waals surface area contributed by atoms with Crippen LogP contribution in [-0.4, -0.2) is 19.9 Å². The van der Waals surface area contributed by atoms with E-state index in [2.05, 4.69) is 10.5 Å². The van der Waals surface area contributed by atoms with E-state index in [4.69, 9.17) is 21.1 Å². The van der Waals surface area contributed by atoms with Crippen LogP contribution in [0.2, 0.25) is 5.02 Å². The molecule has 0 spiro atoms. The number of hydrogen-bond acceptors (Lipinski definition) is 4. The fourth-order valence-electron chi connectivity index (χ4n) is 1.94. The lowest BCUT2D eigenvalue weighted by Crippen LogP contribution is -2.01. The van der Waals surface area contributed by atoms with Crippen molar-refractivity contribution in [3.63, 3.8) is 0 Å². The normalized spacial score (nSPS) is 11.2. The van der Waals surface area contributed by atoms with Crippen molar-refractivity contribution < 1.29 is 9.47 Å². The first kappa shape index (κ1) is 16.2. The van der Waals surface area contributed by atoms with Crippen LogP contribution in [0.25, 0.3) is 0 Å². The Morgan fingerprint density at radius 3 is 2.41 bits per heavy atom. The molecular formula is C17H19ClN2O2. The summed E-state index contributed by atoms with van der Waals surface area (Å²) in [6.07, 6.45) is 0. The molecule has 0 saturated carbocycles. The number of ether oxygens (including phenoxy) is 2. The molecule has 4 nitrogen and oxygen atoms in total. The van der Waals surface area contributed by atoms with Crippen molar-refractivity contribution in [2.24, 2.45) is 5.10 Å². The first-order valence-corrected chi connectivity index (χ1v) is 7.21. The van der Waals surface area contributed by atoms with Gasteiger partial charge in [-0.15, -0.1) is 0 Å². The van der Waals surface area contributed by atoms with E-state index in [-0.39, 0.29) is 0 Å². The molecule has 22 heavy (non-hydrogen) atoms. The van der Waals surface area contributed by atoms with Gasteiger partial charge in [-0.1, -0.05) is 17.7 Å². The van der Waals surface area contributed by atoms with Crippen LogP contribution in [0.1, 0.15) is 18.1 Å². The Morgan fingerprint density at radius 1 is 1.05 bits per heavy atom. The number of rotatable bonds is 5. The quantitative estimate of drug-likeness (QED) is 0.652. The zero-order valence-corrected chi connectivity index (χ0v) is 13.9. The number of aryl methyl sites for hydroxylation is 1. The van der Waals surface area contributed by atoms with E-state index in [1.54, 1.807) is 14.2 Å². The molecule has 0 aromatic heterocycles. The molecule has 116 valence electrons. The molecule has 0 aliphatic rings. The zero-order valence-electron chi connectivity index (χ0n) is 13.1. The Balaban J connectivity index is 2.19. The van der Waals surface area contributed by atoms with Gasteiger partial charge in [-0.2, -0.15) is 5.10 Å². The van der Waals surface area contributed by atoms with Crippen molar-refractivity contribution in [3.05, 3.63) is 52.5 Å². The molecule has 2 aromatic rings. The van der Waals surface area contributed by atoms with Crippen LogP contribution in [0.3, 0.4) is 0 Å². The summed E-state index contributed by atoms with van der Waals surface area (Å²) in [6, 6.07) is 11.4. The second kappa shape index (κ2) is 7.18. The van der Waals surface area contributed by atoms with E-state index in [0.29, 0.717) is 16.5 Å². The van der Waals surface area contributed by atoms with Gasteiger partial charge in [0.1, 0.15) is 0 Å². The summed E-state index contributed by atoms with van der Waals surface area (Å²) in [4.78, 5) is 0. The monoisotopic (exact) mass is 318 g/mol. The number of nitrogens with one attached hydrogen (secondary N) is 1. The minimum absolute atomic E-state index is 0.674. The lowest BCUT2D eigenvalue weighted by Gasteiger charge is -2.10. The van der Waals surface area contributed by atoms with Crippen molar-refractivity contribution in [2.75, 3.05) is 19.6 Å². The van der Waals surface area contributed by atoms with Crippen LogP contribution in [0.15, 0.2) is 41.5 Å². The predicted octanol–water partition coefficient (Wildman–Crippen LogP) is 4.50. The van der Waals surface area contributed by atoms with Gasteiger partial charge >= 0.3 is 0 Å². The molecule has 0 bridgehead atoms. The summed E-state index contributed by atoms with van der Waals surface area (Å²) in [6.45, 7) is 3.88. The van der Waals surface area contributed by atoms with Gasteiger partial charge < -0.3 is 9.47 Å². The number of anilines is 1. The van der Waals surface area contributed by atoms with Gasteiger partial charge in [0.05, 0.1) is 25.6 Å². The van der Waals surface area contributed by atoms with Gasteiger partial charge in [-0.25, -0.2) is 0 Å². The summed E-state index contributed by atoms with van der Waals surface area (Å²) in [5.74, 6) is 1.37. The average Bonchev–Trinajstić information content (AvgIpc) is 2.54. The molecule has 0 aliphatic heterocycles. The lowest BCUT2D eigenvalue weighted by molar-refractivity contribution is 0.355. The number of nitrogens with zero attached hydrogens (tertiary/aromatic N) is 1. The third-order valence-electron chi connectivity index (χ3n) is 3.33. The van der Waals surface area contributed by atoms with E-state index >= 15 is 0 Å². The minimum Gasteiger partial charge on any atom is -0.493 e. The van der Waals surface area contributed by atoms with Gasteiger partial charge in [0.25, 0.3) is 0 Å². The molecule has 0 amide bonds. The second-order valence-corrected chi connectivity index (χ2v) is 5.25. The topological polar surface area (TPSA) is 42.8 Å². The Kier molecular flexibility index (Phi) is 5.28. The van der Waals surface area contributed by atoms with E-state index in [9.17, 15) is 0 Å². The molecule has 0 heterocycles. The maximum absolute atomic E-state index is 6.10. The molecule has 5 heteroatoms. The predicted molar refractivity (Wildman–Crippen MR) is 91.6 cm³/mol. The first-order valence-electron chi connectivity index (χ1n) is 6.84. The standard InChI is InChI=1S/C17H19ClN2O2/c1-11-5-7-14(10-15(11)18)20-19-12(2)13-6-8-16(21-3)17(9-13)22-4/h5-10,20H,1-4H3/b19-12-. The third kappa shape index (κ3) is 3.71. The molecule has 0 saturated heterocycles. The van der Waals surface area contributed by atoms with Crippen molar-refractivity contribution in [2.45, 2.75) is 13.8 Å². The van der Waals surface area contributed by atoms with E-state index < -0.39 is 0 Å². The van der Waals surface area contributed by atoms with Crippen LogP contribution in [0.5, 0.6) is 11.5 Å². The maximum atomic E-state index is 6.10. The fourth-order valence-corrected chi connectivity index (χ4v) is 2.12. The highest BCUT2D eigenvalue weighted by Gasteiger charge is 2.06. The molecule has 2 rings (SSSR count). The van der Waals surface area contributed by atoms with Crippen molar-refractivity contribution in [1.29, 1.82) is 0 Å². The van der Waals surface area contributed by atoms with E-state index in [1.807, 2.05) is 50.2 Å². The Hall–Kier alpha value is -2.20. The molecule has 0 unspecified atom stereocenters. The Labute approximate surface area is 135 Å². The molecule has 1 N–H and O–H groups in total. The van der Waals surface area contributed by atoms with E-state index in [0.717, 1.165) is 22.5 Å². The van der Waals surface area contributed by atoms with Gasteiger partial charge in [-0.3, -0.25) is 5.43 Å². The van der Waals surface area contributed by atoms with Crippen molar-refractivity contribution >= 4 is 23.0 Å². The van der Waals surface area contributed by atoms with Crippen molar-refractivity contribution in [3.8, 4) is 11.5 Å². The first-order chi connectivity index (χ1) is 10.5. The number of methoxy groups -OCH3 is 2. The molecule has 0 radical (unpaired) electrons. The smallest absolute Gasteiger partial charge is 0.161 e. The number of hydrogen-bond donors (Lipinski definition) is 1. The number of halogens is 1. The maximum Gasteiger partial charge on any atom is 0.161 e. The average molecular weight is 319 g/mol. The molecular weight excluding hydrogens is 300 g/mol. The second-order valence-electron chi connectivity index (χ2n) is 4.84. The summed E-state index contributed by atoms with van der Waals surface area (Å²) in [5.41, 5.74) is 6.67. The highest BCUT2D eigenvalue weighted by molar-refractivity contribution is 6.31. The van der Waals surface area contributed by atoms with Crippen LogP contribution in [0, 0.1) is 6.92 Å². The Morgan fingerprint density at radius 2 is 1.77 bits per heavy atom. The van der Waals surface area contributed by atoms with Gasteiger partial charge in [0.15, 0.2) is 11.5 Å². The lowest BCUT2D eigenvalue weighted by atomic mass is 10.1. The van der Waals surface area contributed by atoms with Crippen LogP contribution in [-0.2, 0) is 0 Å². The van der Waals surface area contributed by atoms with Crippen LogP contribution >= 0.6 is 11.6 Å². The van der Waals surface area contributed by atoms with Crippen molar-refractivity contribution in [1.82, 2.24) is 0 Å². The summed E-state index contributed by atoms with van der Waals surface area (Å²) < 4.78 is 10.5. The van der Waals surface area contributed by atoms with Gasteiger partial charge in [0.2, 0.25) is 0 Å². The molecule has 0 aliphatic carbocycles. The highest BCUT2D eigenvalue weighted by atomic mass is 35.5. The molecule has 0 atom stereocenters. The summed E-state index contributed by atoms with van der Waals surface area (Å²) in [7, 11) is 3.22. The number of hydrazone groups is 1. The zero-order chi connectivity index (χ0) is 16.1. The highest BCUT2D eigenvalue weighted by Crippen LogP contribution is 2.28. The van der Waals surface area contributed by atoms with Crippen LogP contribution in [0.4, 0.5) is 5.69 Å². The van der Waals surface area contributed by atoms with Gasteiger partial charge in [-0.05, 0) is 49.7 Å². The Bertz CT molecular complexity index is 699. The summed E-state index contributed by atoms with van der Waals surface area (Å²) in [5, 5.41) is 5.09. The molecule has 2 aromatic carbocycles. The fraction of sp³-hybridized carbons (Fsp3) is 0.235. The van der Waals surface area contributed by atoms with Crippen LogP contribution < -0.4 is 14.9 Å². The number of benzene rings is 2. The molecule has 0 fully saturated rings. The SMILES string of the molecule is COc1ccc(/C(C)=N\Nc2ccc(C)c(Cl)c2)cc1OC. The van der Waals surface area contributed by atoms with Gasteiger partial charge in [0, 0.05) is 10.6 Å². The van der Waals surface area contributed by atoms with E-state index in [1.165, 1.54) is 0 Å². The summed E-state index contributed by atoms with van der Waals surface area (Å²) >= 11 is 6.10.